The van der Waals surface area contributed by atoms with Gasteiger partial charge in [-0.3, -0.25) is 4.79 Å². The van der Waals surface area contributed by atoms with Gasteiger partial charge in [0.25, 0.3) is 0 Å². The van der Waals surface area contributed by atoms with Gasteiger partial charge in [0.15, 0.2) is 0 Å². The van der Waals surface area contributed by atoms with Gasteiger partial charge in [-0.15, -0.1) is 0 Å². The van der Waals surface area contributed by atoms with Crippen molar-refractivity contribution in [2.45, 2.75) is 20.3 Å². The van der Waals surface area contributed by atoms with E-state index in [0.717, 1.165) is 18.7 Å². The normalized spacial score (nSPS) is 25.6. The Morgan fingerprint density at radius 3 is 2.86 bits per heavy atom. The third-order valence-corrected chi connectivity index (χ3v) is 2.67. The molecule has 0 aromatic rings. The summed E-state index contributed by atoms with van der Waals surface area (Å²) in [4.78, 5) is 16.6. The monoisotopic (exact) mass is 194 g/mol. The fourth-order valence-electron chi connectivity index (χ4n) is 1.84. The summed E-state index contributed by atoms with van der Waals surface area (Å²) >= 11 is 0. The predicted molar refractivity (Wildman–Crippen MR) is 58.2 cm³/mol. The van der Waals surface area contributed by atoms with E-state index >= 15 is 0 Å². The first-order valence-corrected chi connectivity index (χ1v) is 5.06. The topological polar surface area (TPSA) is 32.7 Å². The minimum atomic E-state index is 0.538. The number of amidine groups is 1. The molecule has 3 heteroatoms. The SMILES string of the molecule is CC(C)C1CCN(C)C1=N/C=C\C=O. The molecule has 0 amide bonds. The van der Waals surface area contributed by atoms with E-state index in [1.807, 2.05) is 0 Å². The van der Waals surface area contributed by atoms with Crippen LogP contribution in [0.3, 0.4) is 0 Å². The van der Waals surface area contributed by atoms with Crippen molar-refractivity contribution < 1.29 is 4.79 Å². The molecular formula is C11H18N2O. The zero-order chi connectivity index (χ0) is 10.6. The average molecular weight is 194 g/mol. The summed E-state index contributed by atoms with van der Waals surface area (Å²) in [5.74, 6) is 2.26. The Labute approximate surface area is 85.5 Å². The highest BCUT2D eigenvalue weighted by atomic mass is 16.1. The molecule has 0 N–H and O–H groups in total. The molecule has 1 aliphatic heterocycles. The van der Waals surface area contributed by atoms with E-state index in [9.17, 15) is 4.79 Å². The summed E-state index contributed by atoms with van der Waals surface area (Å²) in [7, 11) is 2.05. The smallest absolute Gasteiger partial charge is 0.144 e. The molecular weight excluding hydrogens is 176 g/mol. The number of carbonyl (C=O) groups excluding carboxylic acids is 1. The lowest BCUT2D eigenvalue weighted by atomic mass is 9.94. The molecule has 0 aliphatic carbocycles. The van der Waals surface area contributed by atoms with Gasteiger partial charge in [-0.25, -0.2) is 4.99 Å². The summed E-state index contributed by atoms with van der Waals surface area (Å²) in [5, 5.41) is 0. The van der Waals surface area contributed by atoms with E-state index < -0.39 is 0 Å². The molecule has 0 radical (unpaired) electrons. The second-order valence-electron chi connectivity index (χ2n) is 4.03. The van der Waals surface area contributed by atoms with Gasteiger partial charge in [-0.2, -0.15) is 0 Å². The molecule has 1 aliphatic rings. The molecule has 0 spiro atoms. The van der Waals surface area contributed by atoms with E-state index in [2.05, 4.69) is 30.8 Å². The zero-order valence-electron chi connectivity index (χ0n) is 9.10. The van der Waals surface area contributed by atoms with Gasteiger partial charge in [-0.05, 0) is 18.4 Å². The van der Waals surface area contributed by atoms with Crippen molar-refractivity contribution in [1.29, 1.82) is 0 Å². The van der Waals surface area contributed by atoms with E-state index in [-0.39, 0.29) is 0 Å². The van der Waals surface area contributed by atoms with Crippen molar-refractivity contribution in [2.24, 2.45) is 16.8 Å². The van der Waals surface area contributed by atoms with Crippen molar-refractivity contribution >= 4 is 12.1 Å². The molecule has 1 rings (SSSR count). The number of hydrogen-bond acceptors (Lipinski definition) is 2. The van der Waals surface area contributed by atoms with Crippen LogP contribution >= 0.6 is 0 Å². The van der Waals surface area contributed by atoms with Crippen LogP contribution < -0.4 is 0 Å². The Balaban J connectivity index is 2.75. The lowest BCUT2D eigenvalue weighted by molar-refractivity contribution is -0.104. The number of likely N-dealkylation sites (tertiary alicyclic amines) is 1. The lowest BCUT2D eigenvalue weighted by Gasteiger charge is -2.17. The van der Waals surface area contributed by atoms with Crippen molar-refractivity contribution in [3.05, 3.63) is 12.3 Å². The number of allylic oxidation sites excluding steroid dienone is 1. The lowest BCUT2D eigenvalue weighted by Crippen LogP contribution is -2.25. The molecule has 1 unspecified atom stereocenters. The van der Waals surface area contributed by atoms with Gasteiger partial charge in [0.1, 0.15) is 12.1 Å². The highest BCUT2D eigenvalue weighted by molar-refractivity contribution is 5.87. The number of nitrogens with zero attached hydrogens (tertiary/aromatic N) is 2. The van der Waals surface area contributed by atoms with Gasteiger partial charge < -0.3 is 4.90 Å². The summed E-state index contributed by atoms with van der Waals surface area (Å²) in [5.41, 5.74) is 0. The Bertz CT molecular complexity index is 256. The average Bonchev–Trinajstić information content (AvgIpc) is 2.48. The highest BCUT2D eigenvalue weighted by Crippen LogP contribution is 2.25. The van der Waals surface area contributed by atoms with Crippen LogP contribution in [0.15, 0.2) is 17.3 Å². The Morgan fingerprint density at radius 1 is 1.57 bits per heavy atom. The highest BCUT2D eigenvalue weighted by Gasteiger charge is 2.28. The maximum absolute atomic E-state index is 10.1. The third-order valence-electron chi connectivity index (χ3n) is 2.67. The molecule has 0 bridgehead atoms. The van der Waals surface area contributed by atoms with Gasteiger partial charge in [0.2, 0.25) is 0 Å². The van der Waals surface area contributed by atoms with Gasteiger partial charge in [-0.1, -0.05) is 13.8 Å². The molecule has 1 heterocycles. The quantitative estimate of drug-likeness (QED) is 0.506. The van der Waals surface area contributed by atoms with Crippen LogP contribution in [0, 0.1) is 11.8 Å². The number of aliphatic imine (C=N–C) groups is 1. The van der Waals surface area contributed by atoms with Gasteiger partial charge in [0.05, 0.1) is 0 Å². The van der Waals surface area contributed by atoms with Crippen molar-refractivity contribution in [2.75, 3.05) is 13.6 Å². The summed E-state index contributed by atoms with van der Waals surface area (Å²) in [6.45, 7) is 5.49. The van der Waals surface area contributed by atoms with Crippen molar-refractivity contribution in [3.8, 4) is 0 Å². The number of rotatable bonds is 3. The molecule has 0 aromatic heterocycles. The maximum Gasteiger partial charge on any atom is 0.144 e. The predicted octanol–water partition coefficient (Wildman–Crippen LogP) is 1.71. The first-order chi connectivity index (χ1) is 6.66. The van der Waals surface area contributed by atoms with Crippen LogP contribution in [0.2, 0.25) is 0 Å². The molecule has 1 saturated heterocycles. The summed E-state index contributed by atoms with van der Waals surface area (Å²) in [6.07, 6.45) is 4.93. The van der Waals surface area contributed by atoms with Gasteiger partial charge >= 0.3 is 0 Å². The van der Waals surface area contributed by atoms with Crippen LogP contribution in [-0.2, 0) is 4.79 Å². The van der Waals surface area contributed by atoms with Crippen LogP contribution in [0.25, 0.3) is 0 Å². The van der Waals surface area contributed by atoms with Crippen LogP contribution in [-0.4, -0.2) is 30.6 Å². The maximum atomic E-state index is 10.1. The number of aldehydes is 1. The van der Waals surface area contributed by atoms with E-state index in [0.29, 0.717) is 11.8 Å². The Kier molecular flexibility index (Phi) is 3.86. The van der Waals surface area contributed by atoms with Crippen LogP contribution in [0.5, 0.6) is 0 Å². The van der Waals surface area contributed by atoms with E-state index in [4.69, 9.17) is 0 Å². The largest absolute Gasteiger partial charge is 0.363 e. The standard InChI is InChI=1S/C11H18N2O/c1-9(2)10-5-7-13(3)11(10)12-6-4-8-14/h4,6,8-10H,5,7H2,1-3H3/b6-4-,12-11?. The van der Waals surface area contributed by atoms with E-state index in [1.165, 1.54) is 12.5 Å². The molecule has 1 atom stereocenters. The Hall–Kier alpha value is -1.12. The van der Waals surface area contributed by atoms with E-state index in [1.54, 1.807) is 6.20 Å². The zero-order valence-corrected chi connectivity index (χ0v) is 9.10. The molecule has 78 valence electrons. The summed E-state index contributed by atoms with van der Waals surface area (Å²) < 4.78 is 0. The first kappa shape index (κ1) is 11.0. The fraction of sp³-hybridized carbons (Fsp3) is 0.636. The minimum Gasteiger partial charge on any atom is -0.363 e. The molecule has 0 aromatic carbocycles. The first-order valence-electron chi connectivity index (χ1n) is 5.06. The van der Waals surface area contributed by atoms with Gasteiger partial charge in [0, 0.05) is 25.7 Å². The van der Waals surface area contributed by atoms with Crippen molar-refractivity contribution in [1.82, 2.24) is 4.90 Å². The molecule has 1 fully saturated rings. The second kappa shape index (κ2) is 4.94. The second-order valence-corrected chi connectivity index (χ2v) is 4.03. The van der Waals surface area contributed by atoms with Crippen molar-refractivity contribution in [3.63, 3.8) is 0 Å². The molecule has 0 saturated carbocycles. The van der Waals surface area contributed by atoms with Crippen LogP contribution in [0.4, 0.5) is 0 Å². The molecule has 14 heavy (non-hydrogen) atoms. The number of hydrogen-bond donors (Lipinski definition) is 0. The summed E-state index contributed by atoms with van der Waals surface area (Å²) in [6, 6.07) is 0. The Morgan fingerprint density at radius 2 is 2.29 bits per heavy atom. The molecule has 3 nitrogen and oxygen atoms in total. The third kappa shape index (κ3) is 2.44. The number of carbonyl (C=O) groups is 1. The van der Waals surface area contributed by atoms with Crippen LogP contribution in [0.1, 0.15) is 20.3 Å². The minimum absolute atomic E-state index is 0.538. The fourth-order valence-corrected chi connectivity index (χ4v) is 1.84.